The molecular formula is C21H24N4O2. The molecule has 1 fully saturated rings. The Kier molecular flexibility index (Phi) is 5.01. The fraction of sp³-hybridized carbons (Fsp3) is 0.381. The first-order valence-electron chi connectivity index (χ1n) is 9.31. The molecule has 0 unspecified atom stereocenters. The van der Waals surface area contributed by atoms with Crippen LogP contribution >= 0.6 is 0 Å². The van der Waals surface area contributed by atoms with E-state index in [2.05, 4.69) is 32.9 Å². The summed E-state index contributed by atoms with van der Waals surface area (Å²) in [6, 6.07) is 8.09. The van der Waals surface area contributed by atoms with E-state index < -0.39 is 0 Å². The van der Waals surface area contributed by atoms with Crippen LogP contribution in [-0.2, 0) is 11.2 Å². The van der Waals surface area contributed by atoms with Crippen LogP contribution in [-0.4, -0.2) is 65.3 Å². The highest BCUT2D eigenvalue weighted by Gasteiger charge is 2.17. The molecule has 0 amide bonds. The first-order chi connectivity index (χ1) is 13.1. The first kappa shape index (κ1) is 17.8. The molecule has 1 aliphatic heterocycles. The summed E-state index contributed by atoms with van der Waals surface area (Å²) < 4.78 is 5.62. The van der Waals surface area contributed by atoms with E-state index in [1.54, 1.807) is 6.20 Å². The molecule has 3 aromatic rings. The molecular weight excluding hydrogens is 340 g/mol. The Morgan fingerprint density at radius 1 is 1.07 bits per heavy atom. The molecule has 3 heterocycles. The third kappa shape index (κ3) is 4.23. The van der Waals surface area contributed by atoms with Crippen molar-refractivity contribution < 1.29 is 9.21 Å². The van der Waals surface area contributed by atoms with Gasteiger partial charge in [0.05, 0.1) is 19.2 Å². The van der Waals surface area contributed by atoms with E-state index in [1.165, 1.54) is 0 Å². The van der Waals surface area contributed by atoms with Gasteiger partial charge in [-0.25, -0.2) is 4.98 Å². The van der Waals surface area contributed by atoms with Crippen molar-refractivity contribution in [2.75, 3.05) is 39.8 Å². The van der Waals surface area contributed by atoms with Crippen molar-refractivity contribution in [2.24, 2.45) is 0 Å². The van der Waals surface area contributed by atoms with Crippen LogP contribution in [0.25, 0.3) is 22.1 Å². The summed E-state index contributed by atoms with van der Waals surface area (Å²) in [5.41, 5.74) is 1.79. The number of Topliss-reactive ketones (excluding diaryl/α,β-unsaturated/α-hetero) is 1. The summed E-state index contributed by atoms with van der Waals surface area (Å²) in [5.74, 6) is 1.61. The average Bonchev–Trinajstić information content (AvgIpc) is 3.09. The molecule has 0 N–H and O–H groups in total. The molecule has 0 aliphatic carbocycles. The van der Waals surface area contributed by atoms with Crippen LogP contribution in [0.1, 0.15) is 11.6 Å². The van der Waals surface area contributed by atoms with Gasteiger partial charge in [-0.1, -0.05) is 12.1 Å². The van der Waals surface area contributed by atoms with Gasteiger partial charge in [-0.3, -0.25) is 14.7 Å². The van der Waals surface area contributed by atoms with E-state index in [1.807, 2.05) is 31.3 Å². The number of benzene rings is 1. The van der Waals surface area contributed by atoms with Crippen molar-refractivity contribution in [1.29, 1.82) is 0 Å². The summed E-state index contributed by atoms with van der Waals surface area (Å²) in [4.78, 5) is 25.6. The summed E-state index contributed by atoms with van der Waals surface area (Å²) in [6.07, 6.45) is 3.94. The lowest BCUT2D eigenvalue weighted by atomic mass is 10.1. The number of carbonyl (C=O) groups is 1. The normalized spacial score (nSPS) is 16.1. The fourth-order valence-electron chi connectivity index (χ4n) is 3.44. The van der Waals surface area contributed by atoms with Crippen LogP contribution in [0.4, 0.5) is 0 Å². The number of piperazine rings is 1. The van der Waals surface area contributed by atoms with E-state index in [4.69, 9.17) is 4.42 Å². The summed E-state index contributed by atoms with van der Waals surface area (Å²) in [7, 11) is 2.12. The lowest BCUT2D eigenvalue weighted by molar-refractivity contribution is -0.120. The topological polar surface area (TPSA) is 62.5 Å². The van der Waals surface area contributed by atoms with E-state index in [0.29, 0.717) is 18.9 Å². The van der Waals surface area contributed by atoms with Gasteiger partial charge in [0.1, 0.15) is 0 Å². The zero-order valence-corrected chi connectivity index (χ0v) is 15.8. The number of hydrogen-bond donors (Lipinski definition) is 0. The second-order valence-electron chi connectivity index (χ2n) is 7.28. The molecule has 1 aromatic carbocycles. The number of hydrogen-bond acceptors (Lipinski definition) is 6. The summed E-state index contributed by atoms with van der Waals surface area (Å²) >= 11 is 0. The fourth-order valence-corrected chi connectivity index (χ4v) is 3.44. The maximum atomic E-state index is 12.5. The molecule has 0 bridgehead atoms. The second kappa shape index (κ2) is 7.58. The molecule has 140 valence electrons. The minimum Gasteiger partial charge on any atom is -0.441 e. The minimum absolute atomic E-state index is 0.216. The Morgan fingerprint density at radius 2 is 1.89 bits per heavy atom. The Hall–Kier alpha value is -2.57. The van der Waals surface area contributed by atoms with Gasteiger partial charge in [-0.2, -0.15) is 0 Å². The minimum atomic E-state index is 0.216. The van der Waals surface area contributed by atoms with E-state index in [-0.39, 0.29) is 5.78 Å². The molecule has 1 aliphatic rings. The first-order valence-corrected chi connectivity index (χ1v) is 9.31. The molecule has 27 heavy (non-hydrogen) atoms. The number of aromatic nitrogens is 2. The van der Waals surface area contributed by atoms with E-state index >= 15 is 0 Å². The van der Waals surface area contributed by atoms with E-state index in [0.717, 1.165) is 54.0 Å². The molecule has 4 rings (SSSR count). The molecule has 0 atom stereocenters. The quantitative estimate of drug-likeness (QED) is 0.693. The van der Waals surface area contributed by atoms with Crippen LogP contribution in [0, 0.1) is 6.92 Å². The van der Waals surface area contributed by atoms with E-state index in [9.17, 15) is 4.79 Å². The summed E-state index contributed by atoms with van der Waals surface area (Å²) in [5, 5.41) is 2.10. The monoisotopic (exact) mass is 364 g/mol. The smallest absolute Gasteiger partial charge is 0.191 e. The number of aryl methyl sites for hydroxylation is 1. The maximum absolute atomic E-state index is 12.5. The molecule has 0 saturated carbocycles. The molecule has 0 spiro atoms. The van der Waals surface area contributed by atoms with Crippen molar-refractivity contribution in [2.45, 2.75) is 13.3 Å². The molecule has 0 radical (unpaired) electrons. The molecule has 1 saturated heterocycles. The number of nitrogens with zero attached hydrogens (tertiary/aromatic N) is 4. The number of rotatable bonds is 5. The van der Waals surface area contributed by atoms with Gasteiger partial charge in [0, 0.05) is 55.9 Å². The number of ketones is 1. The van der Waals surface area contributed by atoms with Gasteiger partial charge < -0.3 is 9.32 Å². The van der Waals surface area contributed by atoms with Gasteiger partial charge in [-0.05, 0) is 24.6 Å². The number of pyridine rings is 1. The van der Waals surface area contributed by atoms with Crippen LogP contribution in [0.2, 0.25) is 0 Å². The number of oxazole rings is 1. The van der Waals surface area contributed by atoms with Crippen molar-refractivity contribution >= 4 is 16.6 Å². The van der Waals surface area contributed by atoms with Crippen molar-refractivity contribution in [3.05, 3.63) is 48.2 Å². The average molecular weight is 364 g/mol. The predicted molar refractivity (Wildman–Crippen MR) is 105 cm³/mol. The number of carbonyl (C=O) groups excluding carboxylic acids is 1. The molecule has 2 aromatic heterocycles. The second-order valence-corrected chi connectivity index (χ2v) is 7.28. The third-order valence-corrected chi connectivity index (χ3v) is 5.06. The maximum Gasteiger partial charge on any atom is 0.191 e. The third-order valence-electron chi connectivity index (χ3n) is 5.06. The van der Waals surface area contributed by atoms with Crippen LogP contribution in [0.5, 0.6) is 0 Å². The highest BCUT2D eigenvalue weighted by Crippen LogP contribution is 2.25. The standard InChI is InChI=1S/C21H24N4O2/c1-15-22-13-21(27-15)16-3-4-17-12-23-19(10-18(17)9-16)11-20(26)14-25-7-5-24(2)6-8-25/h3-4,9-10,12-13H,5-8,11,14H2,1-2H3. The summed E-state index contributed by atoms with van der Waals surface area (Å²) in [6.45, 7) is 6.28. The van der Waals surface area contributed by atoms with Crippen molar-refractivity contribution in [1.82, 2.24) is 19.8 Å². The van der Waals surface area contributed by atoms with Gasteiger partial charge in [0.25, 0.3) is 0 Å². The lowest BCUT2D eigenvalue weighted by Crippen LogP contribution is -2.46. The SMILES string of the molecule is Cc1ncc(-c2ccc3cnc(CC(=O)CN4CCN(C)CC4)cc3c2)o1. The lowest BCUT2D eigenvalue weighted by Gasteiger charge is -2.31. The van der Waals surface area contributed by atoms with Crippen molar-refractivity contribution in [3.8, 4) is 11.3 Å². The Morgan fingerprint density at radius 3 is 2.63 bits per heavy atom. The predicted octanol–water partition coefficient (Wildman–Crippen LogP) is 2.56. The van der Waals surface area contributed by atoms with Crippen molar-refractivity contribution in [3.63, 3.8) is 0 Å². The van der Waals surface area contributed by atoms with Gasteiger partial charge >= 0.3 is 0 Å². The van der Waals surface area contributed by atoms with Crippen LogP contribution in [0.3, 0.4) is 0 Å². The van der Waals surface area contributed by atoms with Gasteiger partial charge in [0.2, 0.25) is 0 Å². The van der Waals surface area contributed by atoms with Gasteiger partial charge in [-0.15, -0.1) is 0 Å². The molecule has 6 nitrogen and oxygen atoms in total. The van der Waals surface area contributed by atoms with Crippen LogP contribution in [0.15, 0.2) is 41.1 Å². The largest absolute Gasteiger partial charge is 0.441 e. The zero-order valence-electron chi connectivity index (χ0n) is 15.8. The zero-order chi connectivity index (χ0) is 18.8. The number of likely N-dealkylation sites (N-methyl/N-ethyl adjacent to an activating group) is 1. The Bertz CT molecular complexity index is 958. The Balaban J connectivity index is 1.48. The highest BCUT2D eigenvalue weighted by molar-refractivity contribution is 5.88. The Labute approximate surface area is 158 Å². The highest BCUT2D eigenvalue weighted by atomic mass is 16.4. The van der Waals surface area contributed by atoms with Crippen LogP contribution < -0.4 is 0 Å². The van der Waals surface area contributed by atoms with Gasteiger partial charge in [0.15, 0.2) is 17.4 Å². The number of fused-ring (bicyclic) bond motifs is 1. The molecule has 6 heteroatoms.